The minimum Gasteiger partial charge on any atom is -0.478 e. The van der Waals surface area contributed by atoms with Crippen LogP contribution in [0.4, 0.5) is 5.69 Å². The molecule has 1 N–H and O–H groups in total. The Labute approximate surface area is 216 Å². The second-order valence-electron chi connectivity index (χ2n) is 8.58. The van der Waals surface area contributed by atoms with Gasteiger partial charge in [0.1, 0.15) is 0 Å². The molecule has 0 atom stereocenters. The highest BCUT2D eigenvalue weighted by molar-refractivity contribution is 6.05. The molecule has 0 aliphatic heterocycles. The topological polar surface area (TPSA) is 92.6 Å². The van der Waals surface area contributed by atoms with Crippen LogP contribution in [0.2, 0.25) is 0 Å². The number of carbonyl (C=O) groups is 2. The Morgan fingerprint density at radius 3 is 2.05 bits per heavy atom. The third kappa shape index (κ3) is 6.79. The Kier molecular flexibility index (Phi) is 8.60. The van der Waals surface area contributed by atoms with Crippen molar-refractivity contribution >= 4 is 17.6 Å². The van der Waals surface area contributed by atoms with E-state index in [9.17, 15) is 9.59 Å². The molecule has 0 saturated carbocycles. The molecule has 0 fully saturated rings. The fourth-order valence-corrected chi connectivity index (χ4v) is 3.83. The van der Waals surface area contributed by atoms with Gasteiger partial charge in [-0.25, -0.2) is 14.8 Å². The number of carboxylic acid groups (broad SMARTS) is 1. The molecule has 1 amide bonds. The van der Waals surface area contributed by atoms with Crippen molar-refractivity contribution in [2.75, 3.05) is 18.1 Å². The van der Waals surface area contributed by atoms with Crippen molar-refractivity contribution in [3.05, 3.63) is 108 Å². The number of aromatic nitrogens is 2. The van der Waals surface area contributed by atoms with Crippen LogP contribution < -0.4 is 9.64 Å². The number of nitrogens with zero attached hydrogens (tertiary/aromatic N) is 3. The third-order valence-corrected chi connectivity index (χ3v) is 5.96. The Balaban J connectivity index is 1.48. The Bertz CT molecular complexity index is 1310. The first-order valence-corrected chi connectivity index (χ1v) is 12.3. The van der Waals surface area contributed by atoms with Crippen molar-refractivity contribution in [3.63, 3.8) is 0 Å². The largest absolute Gasteiger partial charge is 0.478 e. The number of carboxylic acids is 1. The molecular weight excluding hydrogens is 466 g/mol. The molecule has 0 saturated heterocycles. The summed E-state index contributed by atoms with van der Waals surface area (Å²) in [6, 6.07) is 24.3. The van der Waals surface area contributed by atoms with E-state index in [0.717, 1.165) is 29.5 Å². The van der Waals surface area contributed by atoms with Crippen molar-refractivity contribution < 1.29 is 19.4 Å². The second kappa shape index (κ2) is 12.4. The quantitative estimate of drug-likeness (QED) is 0.260. The van der Waals surface area contributed by atoms with Crippen LogP contribution in [0.25, 0.3) is 11.1 Å². The molecule has 0 unspecified atom stereocenters. The van der Waals surface area contributed by atoms with Crippen LogP contribution in [-0.4, -0.2) is 40.1 Å². The first kappa shape index (κ1) is 25.6. The zero-order valence-electron chi connectivity index (χ0n) is 20.7. The lowest BCUT2D eigenvalue weighted by Gasteiger charge is -2.22. The fraction of sp³-hybridized carbons (Fsp3) is 0.200. The van der Waals surface area contributed by atoms with Crippen molar-refractivity contribution in [2.45, 2.75) is 26.2 Å². The van der Waals surface area contributed by atoms with Gasteiger partial charge in [-0.1, -0.05) is 67.9 Å². The van der Waals surface area contributed by atoms with Gasteiger partial charge in [0, 0.05) is 12.1 Å². The van der Waals surface area contributed by atoms with E-state index in [1.54, 1.807) is 53.7 Å². The fourth-order valence-electron chi connectivity index (χ4n) is 3.83. The van der Waals surface area contributed by atoms with Crippen LogP contribution in [0.5, 0.6) is 6.01 Å². The van der Waals surface area contributed by atoms with Crippen molar-refractivity contribution in [3.8, 4) is 17.1 Å². The van der Waals surface area contributed by atoms with E-state index in [1.165, 1.54) is 0 Å². The number of carbonyl (C=O) groups excluding carboxylic acids is 1. The van der Waals surface area contributed by atoms with Crippen molar-refractivity contribution in [1.82, 2.24) is 9.97 Å². The molecule has 0 bridgehead atoms. The first-order valence-electron chi connectivity index (χ1n) is 12.3. The van der Waals surface area contributed by atoms with Crippen LogP contribution in [0.15, 0.2) is 91.3 Å². The highest BCUT2D eigenvalue weighted by Crippen LogP contribution is 2.22. The smallest absolute Gasteiger partial charge is 0.335 e. The van der Waals surface area contributed by atoms with Crippen LogP contribution in [0, 0.1) is 0 Å². The predicted molar refractivity (Wildman–Crippen MR) is 143 cm³/mol. The van der Waals surface area contributed by atoms with E-state index in [0.29, 0.717) is 36.8 Å². The SMILES string of the molecule is CCCCOc1ncc(N(CCc2ccc(-c3ccc(C(=O)O)cc3)cc2)C(=O)c2ccccc2)cn1. The Morgan fingerprint density at radius 1 is 0.838 bits per heavy atom. The number of hydrogen-bond donors (Lipinski definition) is 1. The molecule has 0 radical (unpaired) electrons. The van der Waals surface area contributed by atoms with Gasteiger partial charge in [-0.3, -0.25) is 4.79 Å². The van der Waals surface area contributed by atoms with Crippen LogP contribution in [-0.2, 0) is 6.42 Å². The highest BCUT2D eigenvalue weighted by Gasteiger charge is 2.19. The second-order valence-corrected chi connectivity index (χ2v) is 8.58. The number of anilines is 1. The monoisotopic (exact) mass is 495 g/mol. The molecule has 1 heterocycles. The van der Waals surface area contributed by atoms with Crippen molar-refractivity contribution in [2.24, 2.45) is 0 Å². The summed E-state index contributed by atoms with van der Waals surface area (Å²) in [6.45, 7) is 3.09. The number of ether oxygens (including phenoxy) is 1. The summed E-state index contributed by atoms with van der Waals surface area (Å²) < 4.78 is 5.57. The van der Waals surface area contributed by atoms with Gasteiger partial charge in [0.15, 0.2) is 0 Å². The molecular formula is C30H29N3O4. The molecule has 4 rings (SSSR count). The Hall–Kier alpha value is -4.52. The van der Waals surface area contributed by atoms with Gasteiger partial charge < -0.3 is 14.7 Å². The van der Waals surface area contributed by atoms with E-state index in [2.05, 4.69) is 16.9 Å². The van der Waals surface area contributed by atoms with Gasteiger partial charge in [0.05, 0.1) is 30.3 Å². The van der Waals surface area contributed by atoms with Gasteiger partial charge >= 0.3 is 12.0 Å². The predicted octanol–water partition coefficient (Wildman–Crippen LogP) is 5.91. The number of unbranched alkanes of at least 4 members (excludes halogenated alkanes) is 1. The average molecular weight is 496 g/mol. The summed E-state index contributed by atoms with van der Waals surface area (Å²) >= 11 is 0. The molecule has 7 heteroatoms. The van der Waals surface area contributed by atoms with E-state index < -0.39 is 5.97 Å². The van der Waals surface area contributed by atoms with E-state index in [-0.39, 0.29) is 11.5 Å². The van der Waals surface area contributed by atoms with Gasteiger partial charge in [-0.2, -0.15) is 0 Å². The molecule has 7 nitrogen and oxygen atoms in total. The lowest BCUT2D eigenvalue weighted by Crippen LogP contribution is -2.33. The average Bonchev–Trinajstić information content (AvgIpc) is 2.95. The van der Waals surface area contributed by atoms with Gasteiger partial charge in [0.2, 0.25) is 0 Å². The maximum absolute atomic E-state index is 13.4. The molecule has 0 spiro atoms. The zero-order chi connectivity index (χ0) is 26.0. The number of hydrogen-bond acceptors (Lipinski definition) is 5. The molecule has 4 aromatic rings. The van der Waals surface area contributed by atoms with E-state index in [1.807, 2.05) is 42.5 Å². The minimum absolute atomic E-state index is 0.126. The van der Waals surface area contributed by atoms with E-state index in [4.69, 9.17) is 9.84 Å². The van der Waals surface area contributed by atoms with Crippen molar-refractivity contribution in [1.29, 1.82) is 0 Å². The van der Waals surface area contributed by atoms with Crippen LogP contribution >= 0.6 is 0 Å². The number of amides is 1. The standard InChI is InChI=1S/C30H29N3O4/c1-2-3-19-37-30-31-20-27(21-32-30)33(28(34)25-7-5-4-6-8-25)18-17-22-9-11-23(12-10-22)24-13-15-26(16-14-24)29(35)36/h4-16,20-21H,2-3,17-19H2,1H3,(H,35,36). The molecule has 0 aliphatic carbocycles. The summed E-state index contributed by atoms with van der Waals surface area (Å²) in [5.74, 6) is -1.07. The number of benzene rings is 3. The van der Waals surface area contributed by atoms with Gasteiger partial charge in [-0.05, 0) is 53.8 Å². The third-order valence-electron chi connectivity index (χ3n) is 5.96. The summed E-state index contributed by atoms with van der Waals surface area (Å²) in [4.78, 5) is 34.7. The molecule has 3 aromatic carbocycles. The summed E-state index contributed by atoms with van der Waals surface area (Å²) in [6.07, 6.45) is 5.83. The zero-order valence-corrected chi connectivity index (χ0v) is 20.7. The number of aromatic carboxylic acids is 1. The highest BCUT2D eigenvalue weighted by atomic mass is 16.5. The van der Waals surface area contributed by atoms with Gasteiger partial charge in [0.25, 0.3) is 5.91 Å². The maximum atomic E-state index is 13.4. The summed E-state index contributed by atoms with van der Waals surface area (Å²) in [5.41, 5.74) is 4.45. The summed E-state index contributed by atoms with van der Waals surface area (Å²) in [7, 11) is 0. The lowest BCUT2D eigenvalue weighted by molar-refractivity contribution is 0.0696. The van der Waals surface area contributed by atoms with E-state index >= 15 is 0 Å². The molecule has 0 aliphatic rings. The van der Waals surface area contributed by atoms with Crippen LogP contribution in [0.3, 0.4) is 0 Å². The molecule has 188 valence electrons. The minimum atomic E-state index is -0.944. The molecule has 1 aromatic heterocycles. The lowest BCUT2D eigenvalue weighted by atomic mass is 10.0. The maximum Gasteiger partial charge on any atom is 0.335 e. The summed E-state index contributed by atoms with van der Waals surface area (Å²) in [5, 5.41) is 9.10. The van der Waals surface area contributed by atoms with Crippen LogP contribution in [0.1, 0.15) is 46.0 Å². The normalized spacial score (nSPS) is 10.6. The molecule has 37 heavy (non-hydrogen) atoms. The first-order chi connectivity index (χ1) is 18.0. The number of rotatable bonds is 11. The Morgan fingerprint density at radius 2 is 1.46 bits per heavy atom. The van der Waals surface area contributed by atoms with Gasteiger partial charge in [-0.15, -0.1) is 0 Å².